The number of rotatable bonds is 8. The Labute approximate surface area is 165 Å². The van der Waals surface area contributed by atoms with Crippen molar-refractivity contribution in [3.05, 3.63) is 69.8 Å². The summed E-state index contributed by atoms with van der Waals surface area (Å²) >= 11 is 0. The maximum absolute atomic E-state index is 12.4. The number of hydrogen-bond donors (Lipinski definition) is 1. The van der Waals surface area contributed by atoms with Gasteiger partial charge in [-0.15, -0.1) is 0 Å². The first-order valence-electron chi connectivity index (χ1n) is 9.58. The minimum absolute atomic E-state index is 0.00394. The van der Waals surface area contributed by atoms with Crippen LogP contribution in [0, 0.1) is 10.1 Å². The highest BCUT2D eigenvalue weighted by molar-refractivity contribution is 5.95. The number of nitrogens with zero attached hydrogens (tertiary/aromatic N) is 3. The molecule has 1 aliphatic rings. The summed E-state index contributed by atoms with van der Waals surface area (Å²) < 4.78 is 0. The SMILES string of the molecule is CN(CCNC(=O)c1ccc(N2CCCC2)c([N+](=O)[O-])c1)Cc1ccccc1. The molecule has 0 bridgehead atoms. The fourth-order valence-corrected chi connectivity index (χ4v) is 3.47. The lowest BCUT2D eigenvalue weighted by Gasteiger charge is -2.18. The predicted molar refractivity (Wildman–Crippen MR) is 110 cm³/mol. The average molecular weight is 382 g/mol. The Hall–Kier alpha value is -2.93. The molecule has 1 N–H and O–H groups in total. The Morgan fingerprint density at radius 2 is 1.89 bits per heavy atom. The third kappa shape index (κ3) is 5.07. The molecule has 0 atom stereocenters. The van der Waals surface area contributed by atoms with Gasteiger partial charge in [0.15, 0.2) is 0 Å². The molecular formula is C21H26N4O3. The summed E-state index contributed by atoms with van der Waals surface area (Å²) in [6, 6.07) is 14.9. The molecule has 0 spiro atoms. The van der Waals surface area contributed by atoms with E-state index in [0.717, 1.165) is 32.5 Å². The van der Waals surface area contributed by atoms with E-state index in [1.807, 2.05) is 30.1 Å². The van der Waals surface area contributed by atoms with Gasteiger partial charge >= 0.3 is 0 Å². The van der Waals surface area contributed by atoms with Gasteiger partial charge in [0.1, 0.15) is 5.69 Å². The first-order valence-corrected chi connectivity index (χ1v) is 9.58. The van der Waals surface area contributed by atoms with Gasteiger partial charge in [-0.1, -0.05) is 30.3 Å². The molecule has 3 rings (SSSR count). The number of likely N-dealkylation sites (N-methyl/N-ethyl adjacent to an activating group) is 1. The van der Waals surface area contributed by atoms with Crippen molar-refractivity contribution in [3.8, 4) is 0 Å². The quantitative estimate of drug-likeness (QED) is 0.561. The van der Waals surface area contributed by atoms with Gasteiger partial charge in [0.2, 0.25) is 0 Å². The molecule has 0 saturated carbocycles. The minimum Gasteiger partial charge on any atom is -0.366 e. The van der Waals surface area contributed by atoms with Gasteiger partial charge in [-0.05, 0) is 37.6 Å². The van der Waals surface area contributed by atoms with E-state index in [1.54, 1.807) is 12.1 Å². The van der Waals surface area contributed by atoms with Crippen LogP contribution in [-0.4, -0.2) is 49.0 Å². The summed E-state index contributed by atoms with van der Waals surface area (Å²) in [5, 5.41) is 14.3. The van der Waals surface area contributed by atoms with Crippen LogP contribution in [0.5, 0.6) is 0 Å². The number of hydrogen-bond acceptors (Lipinski definition) is 5. The fraction of sp³-hybridized carbons (Fsp3) is 0.381. The number of nitro groups is 1. The molecule has 1 heterocycles. The lowest BCUT2D eigenvalue weighted by molar-refractivity contribution is -0.384. The van der Waals surface area contributed by atoms with Crippen LogP contribution in [0.1, 0.15) is 28.8 Å². The van der Waals surface area contributed by atoms with Crippen molar-refractivity contribution in [2.75, 3.05) is 38.1 Å². The Kier molecular flexibility index (Phi) is 6.60. The second kappa shape index (κ2) is 9.32. The zero-order valence-corrected chi connectivity index (χ0v) is 16.1. The molecule has 2 aromatic carbocycles. The monoisotopic (exact) mass is 382 g/mol. The molecule has 28 heavy (non-hydrogen) atoms. The lowest BCUT2D eigenvalue weighted by atomic mass is 10.1. The van der Waals surface area contributed by atoms with E-state index in [0.29, 0.717) is 24.3 Å². The first kappa shape index (κ1) is 19.8. The summed E-state index contributed by atoms with van der Waals surface area (Å²) in [6.45, 7) is 3.60. The molecule has 7 nitrogen and oxygen atoms in total. The summed E-state index contributed by atoms with van der Waals surface area (Å²) in [7, 11) is 1.99. The number of benzene rings is 2. The van der Waals surface area contributed by atoms with E-state index in [2.05, 4.69) is 22.3 Å². The Balaban J connectivity index is 1.56. The van der Waals surface area contributed by atoms with E-state index in [4.69, 9.17) is 0 Å². The number of carbonyl (C=O) groups excluding carboxylic acids is 1. The Morgan fingerprint density at radius 3 is 2.57 bits per heavy atom. The minimum atomic E-state index is -0.405. The molecule has 0 aromatic heterocycles. The van der Waals surface area contributed by atoms with Crippen molar-refractivity contribution < 1.29 is 9.72 Å². The van der Waals surface area contributed by atoms with Crippen molar-refractivity contribution in [2.24, 2.45) is 0 Å². The largest absolute Gasteiger partial charge is 0.366 e. The molecule has 1 saturated heterocycles. The van der Waals surface area contributed by atoms with Crippen LogP contribution in [0.4, 0.5) is 11.4 Å². The highest BCUT2D eigenvalue weighted by Gasteiger charge is 2.23. The standard InChI is InChI=1S/C21H26N4O3/c1-23(16-17-7-3-2-4-8-17)14-11-22-21(26)18-9-10-19(20(15-18)25(27)28)24-12-5-6-13-24/h2-4,7-10,15H,5-6,11-14,16H2,1H3,(H,22,26). The van der Waals surface area contributed by atoms with Crippen molar-refractivity contribution in [3.63, 3.8) is 0 Å². The van der Waals surface area contributed by atoms with Gasteiger partial charge in [0.25, 0.3) is 11.6 Å². The van der Waals surface area contributed by atoms with Crippen molar-refractivity contribution in [1.29, 1.82) is 0 Å². The van der Waals surface area contributed by atoms with Crippen LogP contribution in [0.25, 0.3) is 0 Å². The molecule has 1 aliphatic heterocycles. The number of carbonyl (C=O) groups is 1. The molecule has 0 aliphatic carbocycles. The zero-order valence-electron chi connectivity index (χ0n) is 16.1. The maximum atomic E-state index is 12.4. The van der Waals surface area contributed by atoms with Gasteiger partial charge in [-0.3, -0.25) is 14.9 Å². The van der Waals surface area contributed by atoms with E-state index in [9.17, 15) is 14.9 Å². The Morgan fingerprint density at radius 1 is 1.18 bits per heavy atom. The van der Waals surface area contributed by atoms with Crippen LogP contribution in [0.3, 0.4) is 0 Å². The number of amides is 1. The smallest absolute Gasteiger partial charge is 0.293 e. The summed E-state index contributed by atoms with van der Waals surface area (Å²) in [6.07, 6.45) is 2.08. The highest BCUT2D eigenvalue weighted by Crippen LogP contribution is 2.31. The summed E-state index contributed by atoms with van der Waals surface area (Å²) in [5.41, 5.74) is 2.13. The molecule has 0 unspecified atom stereocenters. The van der Waals surface area contributed by atoms with Crippen LogP contribution in [-0.2, 0) is 6.54 Å². The zero-order chi connectivity index (χ0) is 19.9. The predicted octanol–water partition coefficient (Wildman–Crippen LogP) is 3.06. The van der Waals surface area contributed by atoms with Gasteiger partial charge in [0.05, 0.1) is 4.92 Å². The summed E-state index contributed by atoms with van der Waals surface area (Å²) in [4.78, 5) is 27.6. The second-order valence-corrected chi connectivity index (χ2v) is 7.13. The van der Waals surface area contributed by atoms with Gasteiger partial charge in [0, 0.05) is 44.4 Å². The van der Waals surface area contributed by atoms with E-state index >= 15 is 0 Å². The normalized spacial score (nSPS) is 13.7. The number of nitro benzene ring substituents is 1. The van der Waals surface area contributed by atoms with Crippen LogP contribution >= 0.6 is 0 Å². The molecule has 1 fully saturated rings. The van der Waals surface area contributed by atoms with Crippen molar-refractivity contribution in [2.45, 2.75) is 19.4 Å². The van der Waals surface area contributed by atoms with Crippen LogP contribution in [0.2, 0.25) is 0 Å². The first-order chi connectivity index (χ1) is 13.5. The van der Waals surface area contributed by atoms with E-state index in [-0.39, 0.29) is 11.6 Å². The summed E-state index contributed by atoms with van der Waals surface area (Å²) in [5.74, 6) is -0.288. The van der Waals surface area contributed by atoms with Gasteiger partial charge in [-0.2, -0.15) is 0 Å². The second-order valence-electron chi connectivity index (χ2n) is 7.13. The third-order valence-electron chi connectivity index (χ3n) is 4.96. The van der Waals surface area contributed by atoms with Crippen LogP contribution < -0.4 is 10.2 Å². The number of nitrogens with one attached hydrogen (secondary N) is 1. The van der Waals surface area contributed by atoms with Gasteiger partial charge < -0.3 is 15.1 Å². The molecule has 148 valence electrons. The fourth-order valence-electron chi connectivity index (χ4n) is 3.47. The van der Waals surface area contributed by atoms with E-state index in [1.165, 1.54) is 11.6 Å². The molecule has 0 radical (unpaired) electrons. The topological polar surface area (TPSA) is 78.7 Å². The number of anilines is 1. The van der Waals surface area contributed by atoms with Crippen LogP contribution in [0.15, 0.2) is 48.5 Å². The third-order valence-corrected chi connectivity index (χ3v) is 4.96. The molecular weight excluding hydrogens is 356 g/mol. The Bertz CT molecular complexity index is 820. The van der Waals surface area contributed by atoms with Crippen molar-refractivity contribution in [1.82, 2.24) is 10.2 Å². The van der Waals surface area contributed by atoms with Crippen molar-refractivity contribution >= 4 is 17.3 Å². The molecule has 1 amide bonds. The molecule has 7 heteroatoms. The highest BCUT2D eigenvalue weighted by atomic mass is 16.6. The maximum Gasteiger partial charge on any atom is 0.293 e. The average Bonchev–Trinajstić information content (AvgIpc) is 3.22. The van der Waals surface area contributed by atoms with Gasteiger partial charge in [-0.25, -0.2) is 0 Å². The van der Waals surface area contributed by atoms with E-state index < -0.39 is 4.92 Å². The molecule has 2 aromatic rings. The lowest BCUT2D eigenvalue weighted by Crippen LogP contribution is -2.32.